The van der Waals surface area contributed by atoms with E-state index in [0.29, 0.717) is 12.1 Å². The first-order valence-corrected chi connectivity index (χ1v) is 6.69. The van der Waals surface area contributed by atoms with Crippen LogP contribution in [0.4, 0.5) is 4.39 Å². The summed E-state index contributed by atoms with van der Waals surface area (Å²) in [5.74, 6) is -0.639. The van der Waals surface area contributed by atoms with Crippen molar-refractivity contribution in [1.29, 1.82) is 0 Å². The van der Waals surface area contributed by atoms with Crippen molar-refractivity contribution in [2.75, 3.05) is 19.0 Å². The molecule has 0 aromatic heterocycles. The Hall–Kier alpha value is -1.10. The number of hydrogen-bond donors (Lipinski definition) is 1. The molecule has 0 heterocycles. The Morgan fingerprint density at radius 2 is 2.17 bits per heavy atom. The Bertz CT molecular complexity index is 435. The van der Waals surface area contributed by atoms with Gasteiger partial charge in [0, 0.05) is 17.4 Å². The van der Waals surface area contributed by atoms with Crippen molar-refractivity contribution in [1.82, 2.24) is 5.32 Å². The number of carbonyl (C=O) groups excluding carboxylic acids is 1. The van der Waals surface area contributed by atoms with E-state index in [1.54, 1.807) is 0 Å². The first-order valence-electron chi connectivity index (χ1n) is 5.57. The standard InChI is InChI=1S/C13H17BrFNO2/c1-13(2,7-14)8-16-12(17)9-4-5-10(15)11(6-9)18-3/h4-6H,7-8H2,1-3H3,(H,16,17). The molecule has 18 heavy (non-hydrogen) atoms. The van der Waals surface area contributed by atoms with Gasteiger partial charge in [0.1, 0.15) is 0 Å². The lowest BCUT2D eigenvalue weighted by atomic mass is 9.97. The summed E-state index contributed by atoms with van der Waals surface area (Å²) in [6.45, 7) is 4.61. The van der Waals surface area contributed by atoms with Crippen LogP contribution in [0, 0.1) is 11.2 Å². The molecule has 0 aliphatic heterocycles. The Kier molecular flexibility index (Phi) is 5.14. The molecular formula is C13H17BrFNO2. The van der Waals surface area contributed by atoms with Crippen molar-refractivity contribution in [2.45, 2.75) is 13.8 Å². The maximum Gasteiger partial charge on any atom is 0.251 e. The fourth-order valence-electron chi connectivity index (χ4n) is 1.27. The second-order valence-electron chi connectivity index (χ2n) is 4.83. The summed E-state index contributed by atoms with van der Waals surface area (Å²) in [5.41, 5.74) is 0.360. The van der Waals surface area contributed by atoms with Crippen molar-refractivity contribution < 1.29 is 13.9 Å². The third-order valence-corrected chi connectivity index (χ3v) is 4.02. The van der Waals surface area contributed by atoms with Gasteiger partial charge in [-0.2, -0.15) is 0 Å². The lowest BCUT2D eigenvalue weighted by Gasteiger charge is -2.21. The molecule has 0 saturated carbocycles. The van der Waals surface area contributed by atoms with Crippen molar-refractivity contribution in [3.63, 3.8) is 0 Å². The number of halogens is 2. The first-order chi connectivity index (χ1) is 8.39. The molecule has 1 amide bonds. The van der Waals surface area contributed by atoms with Crippen LogP contribution in [-0.2, 0) is 0 Å². The van der Waals surface area contributed by atoms with Gasteiger partial charge in [0.15, 0.2) is 11.6 Å². The smallest absolute Gasteiger partial charge is 0.251 e. The summed E-state index contributed by atoms with van der Waals surface area (Å²) < 4.78 is 18.0. The van der Waals surface area contributed by atoms with E-state index in [1.165, 1.54) is 25.3 Å². The molecule has 0 unspecified atom stereocenters. The van der Waals surface area contributed by atoms with Crippen molar-refractivity contribution >= 4 is 21.8 Å². The van der Waals surface area contributed by atoms with Crippen LogP contribution < -0.4 is 10.1 Å². The topological polar surface area (TPSA) is 38.3 Å². The van der Waals surface area contributed by atoms with Gasteiger partial charge < -0.3 is 10.1 Å². The zero-order valence-electron chi connectivity index (χ0n) is 10.7. The Morgan fingerprint density at radius 3 is 2.72 bits per heavy atom. The minimum absolute atomic E-state index is 0.0280. The minimum atomic E-state index is -0.477. The predicted molar refractivity (Wildman–Crippen MR) is 72.9 cm³/mol. The molecule has 1 rings (SSSR count). The second-order valence-corrected chi connectivity index (χ2v) is 5.39. The van der Waals surface area contributed by atoms with E-state index in [1.807, 2.05) is 13.8 Å². The lowest BCUT2D eigenvalue weighted by Crippen LogP contribution is -2.34. The monoisotopic (exact) mass is 317 g/mol. The summed E-state index contributed by atoms with van der Waals surface area (Å²) in [5, 5.41) is 3.60. The average molecular weight is 318 g/mol. The van der Waals surface area contributed by atoms with Crippen molar-refractivity contribution in [2.24, 2.45) is 5.41 Å². The number of benzene rings is 1. The van der Waals surface area contributed by atoms with Crippen LogP contribution in [0.3, 0.4) is 0 Å². The van der Waals surface area contributed by atoms with E-state index < -0.39 is 5.82 Å². The molecule has 1 aromatic rings. The molecule has 0 radical (unpaired) electrons. The van der Waals surface area contributed by atoms with Gasteiger partial charge in [0.2, 0.25) is 0 Å². The molecule has 0 bridgehead atoms. The molecule has 0 aliphatic rings. The highest BCUT2D eigenvalue weighted by atomic mass is 79.9. The van der Waals surface area contributed by atoms with Crippen molar-refractivity contribution in [3.8, 4) is 5.75 Å². The van der Waals surface area contributed by atoms with Gasteiger partial charge in [-0.15, -0.1) is 0 Å². The Balaban J connectivity index is 2.73. The molecule has 0 spiro atoms. The fraction of sp³-hybridized carbons (Fsp3) is 0.462. The first kappa shape index (κ1) is 15.0. The molecular weight excluding hydrogens is 301 g/mol. The molecule has 5 heteroatoms. The maximum absolute atomic E-state index is 13.2. The molecule has 1 N–H and O–H groups in total. The highest BCUT2D eigenvalue weighted by Gasteiger charge is 2.18. The van der Waals surface area contributed by atoms with E-state index >= 15 is 0 Å². The summed E-state index contributed by atoms with van der Waals surface area (Å²) in [4.78, 5) is 11.9. The number of alkyl halides is 1. The number of ether oxygens (including phenoxy) is 1. The van der Waals surface area contributed by atoms with Crippen LogP contribution >= 0.6 is 15.9 Å². The molecule has 0 aliphatic carbocycles. The summed E-state index contributed by atoms with van der Waals surface area (Å²) in [7, 11) is 1.37. The lowest BCUT2D eigenvalue weighted by molar-refractivity contribution is 0.0940. The van der Waals surface area contributed by atoms with Crippen LogP contribution in [0.5, 0.6) is 5.75 Å². The zero-order chi connectivity index (χ0) is 13.8. The van der Waals surface area contributed by atoms with Crippen LogP contribution in [-0.4, -0.2) is 24.9 Å². The van der Waals surface area contributed by atoms with Crippen LogP contribution in [0.15, 0.2) is 18.2 Å². The number of hydrogen-bond acceptors (Lipinski definition) is 2. The van der Waals surface area contributed by atoms with E-state index in [4.69, 9.17) is 4.74 Å². The normalized spacial score (nSPS) is 11.2. The fourth-order valence-corrected chi connectivity index (χ4v) is 1.47. The number of methoxy groups -OCH3 is 1. The van der Waals surface area contributed by atoms with E-state index in [0.717, 1.165) is 5.33 Å². The summed E-state index contributed by atoms with van der Waals surface area (Å²) >= 11 is 3.39. The molecule has 100 valence electrons. The quantitative estimate of drug-likeness (QED) is 0.848. The number of carbonyl (C=O) groups is 1. The van der Waals surface area contributed by atoms with Gasteiger partial charge in [-0.1, -0.05) is 29.8 Å². The van der Waals surface area contributed by atoms with Gasteiger partial charge in [0.05, 0.1) is 7.11 Å². The second kappa shape index (κ2) is 6.18. The maximum atomic E-state index is 13.2. The van der Waals surface area contributed by atoms with Crippen molar-refractivity contribution in [3.05, 3.63) is 29.6 Å². The predicted octanol–water partition coefficient (Wildman–Crippen LogP) is 2.99. The third-order valence-electron chi connectivity index (χ3n) is 2.50. The van der Waals surface area contributed by atoms with E-state index in [-0.39, 0.29) is 17.1 Å². The molecule has 3 nitrogen and oxygen atoms in total. The average Bonchev–Trinajstić information content (AvgIpc) is 2.36. The molecule has 1 aromatic carbocycles. The van der Waals surface area contributed by atoms with Gasteiger partial charge in [0.25, 0.3) is 5.91 Å². The summed E-state index contributed by atoms with van der Waals surface area (Å²) in [6.07, 6.45) is 0. The van der Waals surface area contributed by atoms with E-state index in [9.17, 15) is 9.18 Å². The van der Waals surface area contributed by atoms with Crippen LogP contribution in [0.2, 0.25) is 0 Å². The Morgan fingerprint density at radius 1 is 1.50 bits per heavy atom. The molecule has 0 fully saturated rings. The number of nitrogens with one attached hydrogen (secondary N) is 1. The summed E-state index contributed by atoms with van der Waals surface area (Å²) in [6, 6.07) is 4.06. The SMILES string of the molecule is COc1cc(C(=O)NCC(C)(C)CBr)ccc1F. The van der Waals surface area contributed by atoms with E-state index in [2.05, 4.69) is 21.2 Å². The highest BCUT2D eigenvalue weighted by molar-refractivity contribution is 9.09. The van der Waals surface area contributed by atoms with Gasteiger partial charge in [-0.3, -0.25) is 4.79 Å². The minimum Gasteiger partial charge on any atom is -0.494 e. The third kappa shape index (κ3) is 3.98. The zero-order valence-corrected chi connectivity index (χ0v) is 12.3. The van der Waals surface area contributed by atoms with Gasteiger partial charge >= 0.3 is 0 Å². The number of amides is 1. The Labute approximate surface area is 115 Å². The van der Waals surface area contributed by atoms with Gasteiger partial charge in [-0.05, 0) is 23.6 Å². The van der Waals surface area contributed by atoms with Crippen LogP contribution in [0.1, 0.15) is 24.2 Å². The largest absolute Gasteiger partial charge is 0.494 e. The molecule has 0 atom stereocenters. The van der Waals surface area contributed by atoms with Crippen LogP contribution in [0.25, 0.3) is 0 Å². The number of rotatable bonds is 5. The van der Waals surface area contributed by atoms with Gasteiger partial charge in [-0.25, -0.2) is 4.39 Å². The molecule has 0 saturated heterocycles. The highest BCUT2D eigenvalue weighted by Crippen LogP contribution is 2.19.